The molecule has 2 amide bonds. The summed E-state index contributed by atoms with van der Waals surface area (Å²) in [5.41, 5.74) is 3.73. The van der Waals surface area contributed by atoms with Gasteiger partial charge in [-0.2, -0.15) is 0 Å². The van der Waals surface area contributed by atoms with Crippen molar-refractivity contribution in [3.05, 3.63) is 63.6 Å². The Morgan fingerprint density at radius 3 is 2.32 bits per heavy atom. The summed E-state index contributed by atoms with van der Waals surface area (Å²) in [6.07, 6.45) is 0. The van der Waals surface area contributed by atoms with E-state index in [1.54, 1.807) is 12.1 Å². The lowest BCUT2D eigenvalue weighted by Crippen LogP contribution is -2.34. The average molecular weight is 361 g/mol. The van der Waals surface area contributed by atoms with Gasteiger partial charge >= 0.3 is 11.8 Å². The molecule has 0 saturated heterocycles. The van der Waals surface area contributed by atoms with Crippen LogP contribution in [0.5, 0.6) is 0 Å². The molecule has 2 rings (SSSR count). The zero-order valence-electron chi connectivity index (χ0n) is 12.4. The van der Waals surface area contributed by atoms with Crippen molar-refractivity contribution in [3.8, 4) is 0 Å². The summed E-state index contributed by atoms with van der Waals surface area (Å²) in [5, 5.41) is 5.18. The van der Waals surface area contributed by atoms with Crippen molar-refractivity contribution in [1.82, 2.24) is 5.32 Å². The molecule has 2 aromatic rings. The normalized spacial score (nSPS) is 10.1. The molecule has 22 heavy (non-hydrogen) atoms. The molecule has 2 N–H and O–H groups in total. The highest BCUT2D eigenvalue weighted by Gasteiger charge is 2.13. The maximum atomic E-state index is 11.8. The molecule has 0 bridgehead atoms. The zero-order chi connectivity index (χ0) is 16.1. The van der Waals surface area contributed by atoms with Gasteiger partial charge in [-0.05, 0) is 37.1 Å². The number of halogens is 1. The summed E-state index contributed by atoms with van der Waals surface area (Å²) in [5.74, 6) is -1.33. The van der Waals surface area contributed by atoms with E-state index in [2.05, 4.69) is 26.6 Å². The Kier molecular flexibility index (Phi) is 5.33. The number of carbonyl (C=O) groups excluding carboxylic acids is 2. The minimum absolute atomic E-state index is 0.324. The standard InChI is InChI=1S/C17H17BrN2O2/c1-11-3-6-13(7-4-11)10-19-16(21)17(22)20-14-8-5-12(2)15(18)9-14/h3-9H,10H2,1-2H3,(H,19,21)(H,20,22). The van der Waals surface area contributed by atoms with Gasteiger partial charge in [-0.15, -0.1) is 0 Å². The van der Waals surface area contributed by atoms with E-state index < -0.39 is 11.8 Å². The molecule has 0 spiro atoms. The first kappa shape index (κ1) is 16.2. The predicted molar refractivity (Wildman–Crippen MR) is 90.5 cm³/mol. The average Bonchev–Trinajstić information content (AvgIpc) is 2.50. The van der Waals surface area contributed by atoms with Crippen molar-refractivity contribution in [2.75, 3.05) is 5.32 Å². The maximum absolute atomic E-state index is 11.8. The van der Waals surface area contributed by atoms with Crippen LogP contribution in [0.4, 0.5) is 5.69 Å². The monoisotopic (exact) mass is 360 g/mol. The first-order valence-corrected chi connectivity index (χ1v) is 7.66. The molecule has 5 heteroatoms. The number of nitrogens with one attached hydrogen (secondary N) is 2. The second-order valence-corrected chi connectivity index (χ2v) is 5.94. The van der Waals surface area contributed by atoms with E-state index in [9.17, 15) is 9.59 Å². The van der Waals surface area contributed by atoms with Crippen LogP contribution in [0, 0.1) is 13.8 Å². The molecule has 0 unspecified atom stereocenters. The SMILES string of the molecule is Cc1ccc(CNC(=O)C(=O)Nc2ccc(C)c(Br)c2)cc1. The topological polar surface area (TPSA) is 58.2 Å². The van der Waals surface area contributed by atoms with Gasteiger partial charge in [0.2, 0.25) is 0 Å². The molecule has 114 valence electrons. The van der Waals surface area contributed by atoms with Crippen molar-refractivity contribution >= 4 is 33.4 Å². The van der Waals surface area contributed by atoms with Gasteiger partial charge in [0, 0.05) is 16.7 Å². The van der Waals surface area contributed by atoms with Crippen molar-refractivity contribution < 1.29 is 9.59 Å². The fraction of sp³-hybridized carbons (Fsp3) is 0.176. The summed E-state index contributed by atoms with van der Waals surface area (Å²) >= 11 is 3.39. The Morgan fingerprint density at radius 2 is 1.68 bits per heavy atom. The van der Waals surface area contributed by atoms with Crippen LogP contribution in [0.3, 0.4) is 0 Å². The molecular formula is C17H17BrN2O2. The van der Waals surface area contributed by atoms with Gasteiger partial charge in [0.05, 0.1) is 0 Å². The Bertz CT molecular complexity index is 696. The van der Waals surface area contributed by atoms with E-state index >= 15 is 0 Å². The Morgan fingerprint density at radius 1 is 1.00 bits per heavy atom. The van der Waals surface area contributed by atoms with Crippen LogP contribution < -0.4 is 10.6 Å². The number of hydrogen-bond donors (Lipinski definition) is 2. The molecule has 0 aliphatic rings. The summed E-state index contributed by atoms with van der Waals surface area (Å²) in [6, 6.07) is 13.2. The van der Waals surface area contributed by atoms with Crippen LogP contribution in [0.15, 0.2) is 46.9 Å². The number of carbonyl (C=O) groups is 2. The molecule has 0 heterocycles. The minimum atomic E-state index is -0.678. The Labute approximate surface area is 138 Å². The summed E-state index contributed by atoms with van der Waals surface area (Å²) in [4.78, 5) is 23.7. The van der Waals surface area contributed by atoms with E-state index in [4.69, 9.17) is 0 Å². The molecule has 2 aromatic carbocycles. The third-order valence-corrected chi connectivity index (χ3v) is 4.06. The number of aryl methyl sites for hydroxylation is 2. The molecular weight excluding hydrogens is 344 g/mol. The van der Waals surface area contributed by atoms with Crippen LogP contribution >= 0.6 is 15.9 Å². The van der Waals surface area contributed by atoms with Gasteiger partial charge in [-0.3, -0.25) is 9.59 Å². The molecule has 0 aromatic heterocycles. The third-order valence-electron chi connectivity index (χ3n) is 3.21. The number of benzene rings is 2. The summed E-state index contributed by atoms with van der Waals surface area (Å²) in [7, 11) is 0. The van der Waals surface area contributed by atoms with E-state index in [-0.39, 0.29) is 0 Å². The van der Waals surface area contributed by atoms with Gasteiger partial charge in [0.1, 0.15) is 0 Å². The molecule has 0 saturated carbocycles. The summed E-state index contributed by atoms with van der Waals surface area (Å²) in [6.45, 7) is 4.27. The van der Waals surface area contributed by atoms with E-state index in [1.807, 2.05) is 44.2 Å². The van der Waals surface area contributed by atoms with Crippen LogP contribution in [-0.2, 0) is 16.1 Å². The molecule has 4 nitrogen and oxygen atoms in total. The fourth-order valence-electron chi connectivity index (χ4n) is 1.83. The van der Waals surface area contributed by atoms with Crippen LogP contribution in [0.2, 0.25) is 0 Å². The second kappa shape index (κ2) is 7.22. The molecule has 0 fully saturated rings. The lowest BCUT2D eigenvalue weighted by molar-refractivity contribution is -0.136. The van der Waals surface area contributed by atoms with Crippen molar-refractivity contribution in [1.29, 1.82) is 0 Å². The highest BCUT2D eigenvalue weighted by atomic mass is 79.9. The van der Waals surface area contributed by atoms with Gasteiger partial charge in [0.25, 0.3) is 0 Å². The van der Waals surface area contributed by atoms with Crippen molar-refractivity contribution in [3.63, 3.8) is 0 Å². The number of hydrogen-bond acceptors (Lipinski definition) is 2. The molecule has 0 aliphatic heterocycles. The van der Waals surface area contributed by atoms with Crippen LogP contribution in [0.1, 0.15) is 16.7 Å². The van der Waals surface area contributed by atoms with E-state index in [0.29, 0.717) is 12.2 Å². The smallest absolute Gasteiger partial charge is 0.313 e. The van der Waals surface area contributed by atoms with Gasteiger partial charge in [0.15, 0.2) is 0 Å². The van der Waals surface area contributed by atoms with Crippen molar-refractivity contribution in [2.24, 2.45) is 0 Å². The summed E-state index contributed by atoms with van der Waals surface area (Å²) < 4.78 is 0.880. The van der Waals surface area contributed by atoms with E-state index in [1.165, 1.54) is 0 Å². The zero-order valence-corrected chi connectivity index (χ0v) is 14.0. The molecule has 0 aliphatic carbocycles. The van der Waals surface area contributed by atoms with Crippen molar-refractivity contribution in [2.45, 2.75) is 20.4 Å². The molecule has 0 atom stereocenters. The van der Waals surface area contributed by atoms with E-state index in [0.717, 1.165) is 21.2 Å². The highest BCUT2D eigenvalue weighted by Crippen LogP contribution is 2.20. The van der Waals surface area contributed by atoms with Crippen LogP contribution in [0.25, 0.3) is 0 Å². The number of rotatable bonds is 3. The third kappa shape index (κ3) is 4.43. The Hall–Kier alpha value is -2.14. The first-order chi connectivity index (χ1) is 10.5. The van der Waals surface area contributed by atoms with Gasteiger partial charge in [-0.25, -0.2) is 0 Å². The van der Waals surface area contributed by atoms with Gasteiger partial charge < -0.3 is 10.6 Å². The fourth-order valence-corrected chi connectivity index (χ4v) is 2.21. The maximum Gasteiger partial charge on any atom is 0.313 e. The molecule has 0 radical (unpaired) electrons. The van der Waals surface area contributed by atoms with Crippen LogP contribution in [-0.4, -0.2) is 11.8 Å². The quantitative estimate of drug-likeness (QED) is 0.824. The first-order valence-electron chi connectivity index (χ1n) is 6.86. The minimum Gasteiger partial charge on any atom is -0.344 e. The predicted octanol–water partition coefficient (Wildman–Crippen LogP) is 3.32. The lowest BCUT2D eigenvalue weighted by atomic mass is 10.1. The van der Waals surface area contributed by atoms with Gasteiger partial charge in [-0.1, -0.05) is 51.8 Å². The number of amides is 2. The highest BCUT2D eigenvalue weighted by molar-refractivity contribution is 9.10. The number of anilines is 1. The lowest BCUT2D eigenvalue weighted by Gasteiger charge is -2.08. The second-order valence-electron chi connectivity index (χ2n) is 5.09. The Balaban J connectivity index is 1.90. The largest absolute Gasteiger partial charge is 0.344 e.